The van der Waals surface area contributed by atoms with Crippen LogP contribution >= 0.6 is 11.6 Å². The number of aromatic nitrogens is 2. The maximum Gasteiger partial charge on any atom is 0.322 e. The Hall–Kier alpha value is -4.17. The number of hydrogen-bond acceptors (Lipinski definition) is 5. The molecule has 5 rings (SSSR count). The van der Waals surface area contributed by atoms with E-state index in [-0.39, 0.29) is 18.4 Å². The van der Waals surface area contributed by atoms with E-state index in [0.717, 1.165) is 11.3 Å². The van der Waals surface area contributed by atoms with Gasteiger partial charge in [-0.1, -0.05) is 48.0 Å². The van der Waals surface area contributed by atoms with Crippen LogP contribution < -0.4 is 15.0 Å². The molecule has 7 nitrogen and oxygen atoms in total. The van der Waals surface area contributed by atoms with Gasteiger partial charge in [0.1, 0.15) is 11.6 Å². The zero-order valence-electron chi connectivity index (χ0n) is 20.2. The minimum atomic E-state index is -0.357. The quantitative estimate of drug-likeness (QED) is 0.325. The van der Waals surface area contributed by atoms with Crippen molar-refractivity contribution in [2.45, 2.75) is 19.5 Å². The number of anilines is 2. The zero-order chi connectivity index (χ0) is 25.8. The molecule has 2 heterocycles. The highest BCUT2D eigenvalue weighted by molar-refractivity contribution is 6.30. The van der Waals surface area contributed by atoms with Crippen LogP contribution in [-0.2, 0) is 19.5 Å². The lowest BCUT2D eigenvalue weighted by Crippen LogP contribution is -2.39. The Labute approximate surface area is 219 Å². The summed E-state index contributed by atoms with van der Waals surface area (Å²) in [6.07, 6.45) is 0.534. The van der Waals surface area contributed by atoms with Crippen molar-refractivity contribution in [2.24, 2.45) is 0 Å². The molecule has 0 spiro atoms. The molecule has 0 fully saturated rings. The van der Waals surface area contributed by atoms with Crippen molar-refractivity contribution in [3.63, 3.8) is 0 Å². The molecular weight excluding hydrogens is 493 g/mol. The second-order valence-corrected chi connectivity index (χ2v) is 9.20. The maximum atomic E-state index is 13.5. The molecule has 1 aliphatic heterocycles. The first-order valence-corrected chi connectivity index (χ1v) is 12.2. The number of amides is 2. The lowest BCUT2D eigenvalue weighted by Gasteiger charge is -2.30. The monoisotopic (exact) mass is 517 g/mol. The van der Waals surface area contributed by atoms with Gasteiger partial charge in [0.25, 0.3) is 0 Å². The first-order chi connectivity index (χ1) is 17.9. The fourth-order valence-corrected chi connectivity index (χ4v) is 4.30. The summed E-state index contributed by atoms with van der Waals surface area (Å²) in [5.41, 5.74) is 3.26. The standard InChI is InChI=1S/C28H25ClFN5O2/c1-34(17-19-6-3-2-4-7-19)27-32-25-14-15-35(28(36)31-22-9-5-8-20(29)16-22)18-24(25)26(33-27)37-23-12-10-21(30)11-13-23/h2-13,16H,14-15,17-18H2,1H3,(H,31,36). The van der Waals surface area contributed by atoms with Crippen LogP contribution in [0.3, 0.4) is 0 Å². The molecule has 9 heteroatoms. The van der Waals surface area contributed by atoms with Crippen molar-refractivity contribution in [1.82, 2.24) is 14.9 Å². The van der Waals surface area contributed by atoms with Crippen molar-refractivity contribution < 1.29 is 13.9 Å². The molecule has 0 saturated heterocycles. The van der Waals surface area contributed by atoms with E-state index in [2.05, 4.69) is 5.32 Å². The number of hydrogen-bond donors (Lipinski definition) is 1. The lowest BCUT2D eigenvalue weighted by molar-refractivity contribution is 0.205. The first kappa shape index (κ1) is 24.5. The third-order valence-electron chi connectivity index (χ3n) is 6.01. The van der Waals surface area contributed by atoms with Crippen molar-refractivity contribution >= 4 is 29.3 Å². The molecule has 1 aliphatic rings. The van der Waals surface area contributed by atoms with Gasteiger partial charge < -0.3 is 19.9 Å². The van der Waals surface area contributed by atoms with E-state index in [0.29, 0.717) is 53.4 Å². The number of carbonyl (C=O) groups is 1. The predicted octanol–water partition coefficient (Wildman–Crippen LogP) is 6.29. The summed E-state index contributed by atoms with van der Waals surface area (Å²) in [6.45, 7) is 1.36. The van der Waals surface area contributed by atoms with Crippen LogP contribution in [0.4, 0.5) is 20.8 Å². The van der Waals surface area contributed by atoms with Crippen molar-refractivity contribution in [1.29, 1.82) is 0 Å². The van der Waals surface area contributed by atoms with Gasteiger partial charge in [0.05, 0.1) is 17.8 Å². The Bertz CT molecular complexity index is 1400. The number of carbonyl (C=O) groups excluding carboxylic acids is 1. The number of urea groups is 1. The van der Waals surface area contributed by atoms with E-state index in [4.69, 9.17) is 26.3 Å². The average molecular weight is 518 g/mol. The molecule has 0 aliphatic carbocycles. The summed E-state index contributed by atoms with van der Waals surface area (Å²) < 4.78 is 19.6. The van der Waals surface area contributed by atoms with Crippen molar-refractivity contribution in [2.75, 3.05) is 23.8 Å². The normalized spacial score (nSPS) is 12.6. The van der Waals surface area contributed by atoms with Crippen LogP contribution in [-0.4, -0.2) is 34.5 Å². The first-order valence-electron chi connectivity index (χ1n) is 11.8. The van der Waals surface area contributed by atoms with Gasteiger partial charge in [-0.2, -0.15) is 4.98 Å². The topological polar surface area (TPSA) is 70.6 Å². The summed E-state index contributed by atoms with van der Waals surface area (Å²) in [5.74, 6) is 0.937. The van der Waals surface area contributed by atoms with E-state index in [1.807, 2.05) is 42.3 Å². The number of benzene rings is 3. The van der Waals surface area contributed by atoms with Gasteiger partial charge in [-0.3, -0.25) is 0 Å². The minimum Gasteiger partial charge on any atom is -0.438 e. The summed E-state index contributed by atoms with van der Waals surface area (Å²) >= 11 is 6.05. The summed E-state index contributed by atoms with van der Waals surface area (Å²) in [5, 5.41) is 3.43. The van der Waals surface area contributed by atoms with E-state index in [1.54, 1.807) is 41.3 Å². The summed E-state index contributed by atoms with van der Waals surface area (Å²) in [4.78, 5) is 26.2. The Balaban J connectivity index is 1.42. The van der Waals surface area contributed by atoms with Gasteiger partial charge in [0, 0.05) is 37.3 Å². The van der Waals surface area contributed by atoms with Crippen LogP contribution in [0, 0.1) is 5.82 Å². The van der Waals surface area contributed by atoms with Crippen LogP contribution in [0.15, 0.2) is 78.9 Å². The molecule has 4 aromatic rings. The van der Waals surface area contributed by atoms with Crippen LogP contribution in [0.1, 0.15) is 16.8 Å². The van der Waals surface area contributed by atoms with Crippen LogP contribution in [0.25, 0.3) is 0 Å². The molecule has 1 N–H and O–H groups in total. The molecule has 37 heavy (non-hydrogen) atoms. The van der Waals surface area contributed by atoms with Crippen molar-refractivity contribution in [3.05, 3.63) is 107 Å². The smallest absolute Gasteiger partial charge is 0.322 e. The van der Waals surface area contributed by atoms with E-state index in [1.165, 1.54) is 12.1 Å². The number of nitrogens with zero attached hydrogens (tertiary/aromatic N) is 4. The maximum absolute atomic E-state index is 13.5. The number of rotatable bonds is 6. The molecule has 0 radical (unpaired) electrons. The second-order valence-electron chi connectivity index (χ2n) is 8.76. The number of nitrogens with one attached hydrogen (secondary N) is 1. The van der Waals surface area contributed by atoms with Crippen LogP contribution in [0.5, 0.6) is 11.6 Å². The molecule has 0 bridgehead atoms. The molecule has 3 aromatic carbocycles. The molecule has 2 amide bonds. The Morgan fingerprint density at radius 2 is 1.86 bits per heavy atom. The van der Waals surface area contributed by atoms with Gasteiger partial charge in [0.2, 0.25) is 11.8 Å². The van der Waals surface area contributed by atoms with Gasteiger partial charge in [0.15, 0.2) is 0 Å². The fraction of sp³-hybridized carbons (Fsp3) is 0.179. The van der Waals surface area contributed by atoms with E-state index >= 15 is 0 Å². The fourth-order valence-electron chi connectivity index (χ4n) is 4.11. The van der Waals surface area contributed by atoms with Gasteiger partial charge >= 0.3 is 6.03 Å². The zero-order valence-corrected chi connectivity index (χ0v) is 21.0. The minimum absolute atomic E-state index is 0.258. The summed E-state index contributed by atoms with van der Waals surface area (Å²) in [7, 11) is 1.92. The highest BCUT2D eigenvalue weighted by Crippen LogP contribution is 2.32. The predicted molar refractivity (Wildman–Crippen MR) is 142 cm³/mol. The van der Waals surface area contributed by atoms with Crippen molar-refractivity contribution in [3.8, 4) is 11.6 Å². The summed E-state index contributed by atoms with van der Waals surface area (Å²) in [6, 6.07) is 22.5. The largest absolute Gasteiger partial charge is 0.438 e. The highest BCUT2D eigenvalue weighted by atomic mass is 35.5. The number of halogens is 2. The molecule has 0 unspecified atom stereocenters. The third kappa shape index (κ3) is 5.98. The molecule has 0 saturated carbocycles. The lowest BCUT2D eigenvalue weighted by atomic mass is 10.1. The number of ether oxygens (including phenoxy) is 1. The SMILES string of the molecule is CN(Cc1ccccc1)c1nc2c(c(Oc3ccc(F)cc3)n1)CN(C(=O)Nc1cccc(Cl)c1)CC2. The van der Waals surface area contributed by atoms with Gasteiger partial charge in [-0.05, 0) is 48.0 Å². The molecule has 1 aromatic heterocycles. The Morgan fingerprint density at radius 1 is 1.08 bits per heavy atom. The Kier molecular flexibility index (Phi) is 7.18. The van der Waals surface area contributed by atoms with Gasteiger partial charge in [-0.25, -0.2) is 14.2 Å². The molecule has 188 valence electrons. The third-order valence-corrected chi connectivity index (χ3v) is 6.24. The molecular formula is C28H25ClFN5O2. The highest BCUT2D eigenvalue weighted by Gasteiger charge is 2.27. The van der Waals surface area contributed by atoms with Crippen LogP contribution in [0.2, 0.25) is 5.02 Å². The number of fused-ring (bicyclic) bond motifs is 1. The Morgan fingerprint density at radius 3 is 2.62 bits per heavy atom. The van der Waals surface area contributed by atoms with Gasteiger partial charge in [-0.15, -0.1) is 0 Å². The average Bonchev–Trinajstić information content (AvgIpc) is 2.90. The second kappa shape index (κ2) is 10.8. The van der Waals surface area contributed by atoms with E-state index in [9.17, 15) is 9.18 Å². The molecule has 0 atom stereocenters. The van der Waals surface area contributed by atoms with E-state index < -0.39 is 0 Å².